The molecule has 5 nitrogen and oxygen atoms in total. The lowest BCUT2D eigenvalue weighted by molar-refractivity contribution is -0.118. The number of para-hydroxylation sites is 1. The number of ketones is 1. The van der Waals surface area contributed by atoms with Gasteiger partial charge in [-0.05, 0) is 61.4 Å². The van der Waals surface area contributed by atoms with Crippen LogP contribution in [-0.2, 0) is 9.59 Å². The first-order valence-corrected chi connectivity index (χ1v) is 12.0. The molecule has 34 heavy (non-hydrogen) atoms. The molecule has 2 aliphatic rings. The number of dihydropyridines is 1. The number of benzene rings is 2. The molecule has 0 spiro atoms. The van der Waals surface area contributed by atoms with Crippen molar-refractivity contribution in [2.75, 3.05) is 11.9 Å². The lowest BCUT2D eigenvalue weighted by atomic mass is 9.68. The van der Waals surface area contributed by atoms with E-state index in [-0.39, 0.29) is 17.1 Å². The predicted octanol–water partition coefficient (Wildman–Crippen LogP) is 6.03. The molecule has 1 aliphatic carbocycles. The Morgan fingerprint density at radius 1 is 1.09 bits per heavy atom. The first kappa shape index (κ1) is 23.8. The summed E-state index contributed by atoms with van der Waals surface area (Å²) in [4.78, 5) is 27.1. The van der Waals surface area contributed by atoms with Gasteiger partial charge in [0.2, 0.25) is 0 Å². The van der Waals surface area contributed by atoms with E-state index in [1.54, 1.807) is 0 Å². The second kappa shape index (κ2) is 9.49. The van der Waals surface area contributed by atoms with Crippen molar-refractivity contribution in [3.05, 3.63) is 82.2 Å². The Bertz CT molecular complexity index is 1170. The van der Waals surface area contributed by atoms with Crippen LogP contribution in [0, 0.1) is 12.3 Å². The molecule has 0 radical (unpaired) electrons. The topological polar surface area (TPSA) is 67.4 Å². The molecule has 2 N–H and O–H groups in total. The molecule has 2 aromatic carbocycles. The second-order valence-corrected chi connectivity index (χ2v) is 10.1. The zero-order chi connectivity index (χ0) is 24.5. The van der Waals surface area contributed by atoms with E-state index in [0.717, 1.165) is 46.8 Å². The number of allylic oxidation sites excluding steroid dienone is 3. The van der Waals surface area contributed by atoms with E-state index >= 15 is 0 Å². The number of anilines is 1. The number of hydrogen-bond acceptors (Lipinski definition) is 4. The Labute approximate surface area is 202 Å². The normalized spacial score (nSPS) is 19.4. The van der Waals surface area contributed by atoms with E-state index < -0.39 is 5.92 Å². The Hall–Kier alpha value is -3.34. The summed E-state index contributed by atoms with van der Waals surface area (Å²) in [6.07, 6.45) is 2.17. The molecule has 0 aromatic heterocycles. The van der Waals surface area contributed by atoms with Crippen LogP contribution in [0.15, 0.2) is 71.1 Å². The molecule has 0 saturated heterocycles. The van der Waals surface area contributed by atoms with Gasteiger partial charge in [-0.2, -0.15) is 0 Å². The van der Waals surface area contributed by atoms with Crippen molar-refractivity contribution >= 4 is 17.4 Å². The fourth-order valence-corrected chi connectivity index (χ4v) is 4.95. The van der Waals surface area contributed by atoms with Crippen LogP contribution in [0.25, 0.3) is 0 Å². The van der Waals surface area contributed by atoms with Gasteiger partial charge in [-0.1, -0.05) is 51.1 Å². The summed E-state index contributed by atoms with van der Waals surface area (Å²) >= 11 is 0. The van der Waals surface area contributed by atoms with Crippen LogP contribution in [0.5, 0.6) is 5.75 Å². The second-order valence-electron chi connectivity index (χ2n) is 10.1. The Morgan fingerprint density at radius 2 is 1.79 bits per heavy atom. The number of carbonyl (C=O) groups excluding carboxylic acids is 2. The van der Waals surface area contributed by atoms with Crippen LogP contribution in [0.1, 0.15) is 64.0 Å². The van der Waals surface area contributed by atoms with Gasteiger partial charge in [0.25, 0.3) is 5.91 Å². The molecule has 1 amide bonds. The van der Waals surface area contributed by atoms with Gasteiger partial charge in [0.05, 0.1) is 6.61 Å². The molecule has 1 heterocycles. The number of rotatable bonds is 6. The van der Waals surface area contributed by atoms with Crippen molar-refractivity contribution in [1.82, 2.24) is 5.32 Å². The van der Waals surface area contributed by atoms with Crippen molar-refractivity contribution in [3.63, 3.8) is 0 Å². The Balaban J connectivity index is 1.77. The molecule has 1 atom stereocenters. The number of carbonyl (C=O) groups is 2. The highest BCUT2D eigenvalue weighted by atomic mass is 16.5. The van der Waals surface area contributed by atoms with Crippen LogP contribution in [0.2, 0.25) is 0 Å². The Kier molecular flexibility index (Phi) is 6.65. The van der Waals surface area contributed by atoms with Gasteiger partial charge in [0.1, 0.15) is 5.75 Å². The monoisotopic (exact) mass is 458 g/mol. The zero-order valence-corrected chi connectivity index (χ0v) is 20.7. The minimum Gasteiger partial charge on any atom is -0.494 e. The van der Waals surface area contributed by atoms with Gasteiger partial charge in [0, 0.05) is 40.6 Å². The summed E-state index contributed by atoms with van der Waals surface area (Å²) in [6.45, 7) is 10.8. The molecule has 4 rings (SSSR count). The van der Waals surface area contributed by atoms with Gasteiger partial charge in [0.15, 0.2) is 5.78 Å². The van der Waals surface area contributed by atoms with Gasteiger partial charge in [-0.25, -0.2) is 0 Å². The molecular weight excluding hydrogens is 424 g/mol. The van der Waals surface area contributed by atoms with Crippen LogP contribution < -0.4 is 15.4 Å². The van der Waals surface area contributed by atoms with Crippen LogP contribution in [-0.4, -0.2) is 18.3 Å². The average Bonchev–Trinajstić information content (AvgIpc) is 2.77. The summed E-state index contributed by atoms with van der Waals surface area (Å²) < 4.78 is 5.76. The third kappa shape index (κ3) is 4.79. The van der Waals surface area contributed by atoms with Gasteiger partial charge in [-0.15, -0.1) is 0 Å². The van der Waals surface area contributed by atoms with Gasteiger partial charge < -0.3 is 15.4 Å². The summed E-state index contributed by atoms with van der Waals surface area (Å²) in [5, 5.41) is 6.51. The summed E-state index contributed by atoms with van der Waals surface area (Å²) in [5.74, 6) is 0.268. The molecule has 5 heteroatoms. The number of amides is 1. The Morgan fingerprint density at radius 3 is 2.47 bits per heavy atom. The van der Waals surface area contributed by atoms with Crippen molar-refractivity contribution in [2.45, 2.75) is 59.8 Å². The molecule has 178 valence electrons. The van der Waals surface area contributed by atoms with E-state index in [2.05, 4.69) is 31.4 Å². The highest BCUT2D eigenvalue weighted by molar-refractivity contribution is 6.10. The van der Waals surface area contributed by atoms with Crippen molar-refractivity contribution in [3.8, 4) is 5.75 Å². The maximum Gasteiger partial charge on any atom is 0.254 e. The molecule has 0 bridgehead atoms. The molecule has 0 fully saturated rings. The lowest BCUT2D eigenvalue weighted by Gasteiger charge is -2.39. The highest BCUT2D eigenvalue weighted by Gasteiger charge is 2.42. The minimum atomic E-state index is -0.427. The van der Waals surface area contributed by atoms with Gasteiger partial charge >= 0.3 is 0 Å². The largest absolute Gasteiger partial charge is 0.494 e. The number of aryl methyl sites for hydroxylation is 1. The van der Waals surface area contributed by atoms with Crippen molar-refractivity contribution in [1.29, 1.82) is 0 Å². The standard InChI is InChI=1S/C29H34N2O3/c1-6-15-34-21-13-11-20(12-14-21)26-25(28(33)31-22-10-8-7-9-18(22)2)19(3)30-23-16-29(4,5)17-24(32)27(23)26/h7-14,26,30H,6,15-17H2,1-5H3,(H,31,33)/t26-/m1/s1. The highest BCUT2D eigenvalue weighted by Crippen LogP contribution is 2.47. The van der Waals surface area contributed by atoms with Crippen molar-refractivity contribution in [2.24, 2.45) is 5.41 Å². The van der Waals surface area contributed by atoms with E-state index in [9.17, 15) is 9.59 Å². The maximum atomic E-state index is 13.7. The van der Waals surface area contributed by atoms with Crippen molar-refractivity contribution < 1.29 is 14.3 Å². The quantitative estimate of drug-likeness (QED) is 0.555. The third-order valence-electron chi connectivity index (χ3n) is 6.56. The lowest BCUT2D eigenvalue weighted by Crippen LogP contribution is -2.39. The van der Waals surface area contributed by atoms with Crippen LogP contribution in [0.3, 0.4) is 0 Å². The number of nitrogens with one attached hydrogen (secondary N) is 2. The molecule has 2 aromatic rings. The summed E-state index contributed by atoms with van der Waals surface area (Å²) in [6, 6.07) is 15.5. The summed E-state index contributed by atoms with van der Waals surface area (Å²) in [5.41, 5.74) is 5.56. The SMILES string of the molecule is CCCOc1ccc([C@@H]2C(C(=O)Nc3ccccc3C)=C(C)NC3=C2C(=O)CC(C)(C)C3)cc1. The molecule has 0 unspecified atom stereocenters. The zero-order valence-electron chi connectivity index (χ0n) is 20.7. The fourth-order valence-electron chi connectivity index (χ4n) is 4.95. The molecule has 1 aliphatic heterocycles. The van der Waals surface area contributed by atoms with Crippen LogP contribution >= 0.6 is 0 Å². The molecule has 0 saturated carbocycles. The summed E-state index contributed by atoms with van der Waals surface area (Å²) in [7, 11) is 0. The van der Waals surface area contributed by atoms with E-state index in [0.29, 0.717) is 24.2 Å². The van der Waals surface area contributed by atoms with Gasteiger partial charge in [-0.3, -0.25) is 9.59 Å². The minimum absolute atomic E-state index is 0.101. The first-order chi connectivity index (χ1) is 16.2. The number of Topliss-reactive ketones (excluding diaryl/α,β-unsaturated/α-hetero) is 1. The average molecular weight is 459 g/mol. The first-order valence-electron chi connectivity index (χ1n) is 12.0. The smallest absolute Gasteiger partial charge is 0.254 e. The fraction of sp³-hybridized carbons (Fsp3) is 0.379. The number of hydrogen-bond donors (Lipinski definition) is 2. The molecular formula is C29H34N2O3. The van der Waals surface area contributed by atoms with E-state index in [1.807, 2.05) is 62.4 Å². The third-order valence-corrected chi connectivity index (χ3v) is 6.56. The predicted molar refractivity (Wildman–Crippen MR) is 136 cm³/mol. The van der Waals surface area contributed by atoms with Crippen LogP contribution in [0.4, 0.5) is 5.69 Å². The number of ether oxygens (including phenoxy) is 1. The maximum absolute atomic E-state index is 13.7. The van der Waals surface area contributed by atoms with E-state index in [1.165, 1.54) is 0 Å². The van der Waals surface area contributed by atoms with E-state index in [4.69, 9.17) is 4.74 Å².